The zero-order valence-electron chi connectivity index (χ0n) is 10.7. The Balaban J connectivity index is 2.28. The van der Waals surface area contributed by atoms with E-state index in [9.17, 15) is 4.39 Å². The molecule has 5 heteroatoms. The van der Waals surface area contributed by atoms with Gasteiger partial charge in [0, 0.05) is 23.1 Å². The van der Waals surface area contributed by atoms with Gasteiger partial charge >= 0.3 is 0 Å². The van der Waals surface area contributed by atoms with Crippen molar-refractivity contribution >= 4 is 17.1 Å². The van der Waals surface area contributed by atoms with Crippen LogP contribution in [0.4, 0.5) is 21.5 Å². The predicted molar refractivity (Wildman–Crippen MR) is 73.6 cm³/mol. The molecule has 19 heavy (non-hydrogen) atoms. The Morgan fingerprint density at radius 1 is 0.947 bits per heavy atom. The molecule has 3 N–H and O–H groups in total. The molecule has 0 aliphatic carbocycles. The predicted octanol–water partition coefficient (Wildman–Crippen LogP) is 3.17. The number of nitrogen functional groups attached to an aromatic ring is 1. The Morgan fingerprint density at radius 3 is 2.32 bits per heavy atom. The van der Waals surface area contributed by atoms with Gasteiger partial charge in [-0.25, -0.2) is 4.39 Å². The second-order valence-corrected chi connectivity index (χ2v) is 3.97. The van der Waals surface area contributed by atoms with Crippen molar-refractivity contribution in [3.63, 3.8) is 0 Å². The first-order valence-electron chi connectivity index (χ1n) is 5.67. The summed E-state index contributed by atoms with van der Waals surface area (Å²) in [5.41, 5.74) is 7.28. The first-order chi connectivity index (χ1) is 9.12. The lowest BCUT2D eigenvalue weighted by molar-refractivity contribution is 0.355. The van der Waals surface area contributed by atoms with Crippen LogP contribution in [-0.4, -0.2) is 14.2 Å². The molecule has 0 saturated carbocycles. The standard InChI is InChI=1S/C14H15FN2O2/c1-18-13-4-3-11(8-14(13)19-2)17-12-6-9(15)5-10(16)7-12/h3-8,17H,16H2,1-2H3. The van der Waals surface area contributed by atoms with Crippen LogP contribution in [0.1, 0.15) is 0 Å². The molecule has 0 atom stereocenters. The molecule has 0 saturated heterocycles. The maximum Gasteiger partial charge on any atom is 0.162 e. The van der Waals surface area contributed by atoms with Gasteiger partial charge in [0.25, 0.3) is 0 Å². The number of nitrogens with one attached hydrogen (secondary N) is 1. The van der Waals surface area contributed by atoms with E-state index in [1.165, 1.54) is 12.1 Å². The van der Waals surface area contributed by atoms with E-state index in [-0.39, 0.29) is 5.82 Å². The lowest BCUT2D eigenvalue weighted by Crippen LogP contribution is -1.96. The largest absolute Gasteiger partial charge is 0.493 e. The molecule has 0 bridgehead atoms. The maximum atomic E-state index is 13.2. The SMILES string of the molecule is COc1ccc(Nc2cc(N)cc(F)c2)cc1OC. The van der Waals surface area contributed by atoms with E-state index in [0.717, 1.165) is 5.69 Å². The van der Waals surface area contributed by atoms with Crippen molar-refractivity contribution in [2.75, 3.05) is 25.3 Å². The van der Waals surface area contributed by atoms with Crippen LogP contribution in [0.25, 0.3) is 0 Å². The topological polar surface area (TPSA) is 56.5 Å². The summed E-state index contributed by atoms with van der Waals surface area (Å²) in [6.45, 7) is 0. The lowest BCUT2D eigenvalue weighted by atomic mass is 10.2. The van der Waals surface area contributed by atoms with Gasteiger partial charge in [0.05, 0.1) is 14.2 Å². The van der Waals surface area contributed by atoms with Crippen LogP contribution < -0.4 is 20.5 Å². The fraction of sp³-hybridized carbons (Fsp3) is 0.143. The average molecular weight is 262 g/mol. The van der Waals surface area contributed by atoms with Crippen molar-refractivity contribution in [1.29, 1.82) is 0 Å². The van der Waals surface area contributed by atoms with Crippen LogP contribution in [0.5, 0.6) is 11.5 Å². The number of ether oxygens (including phenoxy) is 2. The van der Waals surface area contributed by atoms with Crippen molar-refractivity contribution in [3.8, 4) is 11.5 Å². The fourth-order valence-corrected chi connectivity index (χ4v) is 1.77. The molecule has 2 aromatic carbocycles. The van der Waals surface area contributed by atoms with Gasteiger partial charge in [-0.05, 0) is 30.3 Å². The number of anilines is 3. The quantitative estimate of drug-likeness (QED) is 0.831. The molecule has 2 aromatic rings. The van der Waals surface area contributed by atoms with Crippen LogP contribution in [0, 0.1) is 5.82 Å². The normalized spacial score (nSPS) is 10.1. The van der Waals surface area contributed by atoms with Crippen molar-refractivity contribution in [1.82, 2.24) is 0 Å². The number of hydrogen-bond donors (Lipinski definition) is 2. The third-order valence-corrected chi connectivity index (χ3v) is 2.59. The summed E-state index contributed by atoms with van der Waals surface area (Å²) in [5, 5.41) is 3.06. The summed E-state index contributed by atoms with van der Waals surface area (Å²) in [5.74, 6) is 0.839. The molecule has 0 fully saturated rings. The zero-order valence-corrected chi connectivity index (χ0v) is 10.7. The molecule has 0 aromatic heterocycles. The number of hydrogen-bond acceptors (Lipinski definition) is 4. The molecule has 0 spiro atoms. The van der Waals surface area contributed by atoms with Gasteiger partial charge in [-0.3, -0.25) is 0 Å². The Hall–Kier alpha value is -2.43. The molecule has 2 rings (SSSR count). The van der Waals surface area contributed by atoms with Crippen LogP contribution in [0.3, 0.4) is 0 Å². The van der Waals surface area contributed by atoms with Gasteiger partial charge in [0.15, 0.2) is 11.5 Å². The number of nitrogens with two attached hydrogens (primary N) is 1. The maximum absolute atomic E-state index is 13.2. The van der Waals surface area contributed by atoms with Crippen molar-refractivity contribution < 1.29 is 13.9 Å². The Bertz CT molecular complexity index is 567. The number of halogens is 1. The van der Waals surface area contributed by atoms with Gasteiger partial charge in [-0.1, -0.05) is 0 Å². The van der Waals surface area contributed by atoms with Crippen LogP contribution in [0.15, 0.2) is 36.4 Å². The second-order valence-electron chi connectivity index (χ2n) is 3.97. The van der Waals surface area contributed by atoms with E-state index in [2.05, 4.69) is 5.32 Å². The van der Waals surface area contributed by atoms with Gasteiger partial charge in [-0.15, -0.1) is 0 Å². The smallest absolute Gasteiger partial charge is 0.162 e. The number of benzene rings is 2. The highest BCUT2D eigenvalue weighted by atomic mass is 19.1. The van der Waals surface area contributed by atoms with Crippen molar-refractivity contribution in [3.05, 3.63) is 42.2 Å². The van der Waals surface area contributed by atoms with Crippen LogP contribution >= 0.6 is 0 Å². The fourth-order valence-electron chi connectivity index (χ4n) is 1.77. The summed E-state index contributed by atoms with van der Waals surface area (Å²) < 4.78 is 23.6. The molecule has 0 aliphatic rings. The lowest BCUT2D eigenvalue weighted by Gasteiger charge is -2.11. The molecule has 0 heterocycles. The summed E-state index contributed by atoms with van der Waals surface area (Å²) in [4.78, 5) is 0. The Kier molecular flexibility index (Phi) is 3.75. The third kappa shape index (κ3) is 3.07. The van der Waals surface area contributed by atoms with Gasteiger partial charge in [0.2, 0.25) is 0 Å². The molecular formula is C14H15FN2O2. The van der Waals surface area contributed by atoms with Gasteiger partial charge in [0.1, 0.15) is 5.82 Å². The first-order valence-corrected chi connectivity index (χ1v) is 5.67. The third-order valence-electron chi connectivity index (χ3n) is 2.59. The Morgan fingerprint density at radius 2 is 1.68 bits per heavy atom. The minimum absolute atomic E-state index is 0.364. The average Bonchev–Trinajstić information content (AvgIpc) is 2.37. The van der Waals surface area contributed by atoms with E-state index in [1.807, 2.05) is 6.07 Å². The second kappa shape index (κ2) is 5.48. The molecule has 100 valence electrons. The minimum Gasteiger partial charge on any atom is -0.493 e. The highest BCUT2D eigenvalue weighted by molar-refractivity contribution is 5.66. The van der Waals surface area contributed by atoms with E-state index in [4.69, 9.17) is 15.2 Å². The molecule has 0 amide bonds. The number of rotatable bonds is 4. The van der Waals surface area contributed by atoms with Gasteiger partial charge < -0.3 is 20.5 Å². The molecule has 0 unspecified atom stereocenters. The van der Waals surface area contributed by atoms with Crippen LogP contribution in [-0.2, 0) is 0 Å². The molecule has 4 nitrogen and oxygen atoms in total. The van der Waals surface area contributed by atoms with E-state index < -0.39 is 0 Å². The van der Waals surface area contributed by atoms with Crippen molar-refractivity contribution in [2.24, 2.45) is 0 Å². The summed E-state index contributed by atoms with van der Waals surface area (Å²) >= 11 is 0. The van der Waals surface area contributed by atoms with Gasteiger partial charge in [-0.2, -0.15) is 0 Å². The summed E-state index contributed by atoms with van der Waals surface area (Å²) in [7, 11) is 3.13. The Labute approximate surface area is 111 Å². The highest BCUT2D eigenvalue weighted by Gasteiger charge is 2.05. The molecular weight excluding hydrogens is 247 g/mol. The molecule has 0 radical (unpaired) electrons. The zero-order chi connectivity index (χ0) is 13.8. The van der Waals surface area contributed by atoms with Crippen molar-refractivity contribution in [2.45, 2.75) is 0 Å². The summed E-state index contributed by atoms with van der Waals surface area (Å²) in [6, 6.07) is 9.62. The molecule has 0 aliphatic heterocycles. The van der Waals surface area contributed by atoms with E-state index in [1.54, 1.807) is 32.4 Å². The van der Waals surface area contributed by atoms with E-state index >= 15 is 0 Å². The minimum atomic E-state index is -0.386. The highest BCUT2D eigenvalue weighted by Crippen LogP contribution is 2.31. The number of methoxy groups -OCH3 is 2. The first kappa shape index (κ1) is 13.0. The summed E-state index contributed by atoms with van der Waals surface area (Å²) in [6.07, 6.45) is 0. The van der Waals surface area contributed by atoms with Crippen LogP contribution in [0.2, 0.25) is 0 Å². The van der Waals surface area contributed by atoms with E-state index in [0.29, 0.717) is 22.9 Å². The monoisotopic (exact) mass is 262 g/mol.